The van der Waals surface area contributed by atoms with Crippen LogP contribution in [0.1, 0.15) is 19.5 Å². The van der Waals surface area contributed by atoms with Gasteiger partial charge in [-0.2, -0.15) is 5.10 Å². The van der Waals surface area contributed by atoms with Crippen LogP contribution in [0.5, 0.6) is 0 Å². The van der Waals surface area contributed by atoms with Gasteiger partial charge in [-0.15, -0.1) is 4.68 Å². The van der Waals surface area contributed by atoms with Crippen molar-refractivity contribution in [3.05, 3.63) is 57.7 Å². The molecule has 2 heterocycles. The number of carbonyl (C=O) groups is 1. The van der Waals surface area contributed by atoms with Crippen molar-refractivity contribution < 1.29 is 9.63 Å². The number of nitrogens with zero attached hydrogens (tertiary/aromatic N) is 7. The molecule has 0 radical (unpaired) electrons. The summed E-state index contributed by atoms with van der Waals surface area (Å²) in [5.41, 5.74) is 0.458. The zero-order valence-corrected chi connectivity index (χ0v) is 15.7. The number of halogens is 1. The average Bonchev–Trinajstić information content (AvgIpc) is 3.15. The third kappa shape index (κ3) is 3.85. The summed E-state index contributed by atoms with van der Waals surface area (Å²) in [7, 11) is 1.69. The topological polar surface area (TPSA) is 100 Å². The quantitative estimate of drug-likeness (QED) is 0.608. The average molecular weight is 392 g/mol. The normalized spacial score (nSPS) is 11.0. The Bertz CT molecular complexity index is 993. The predicted octanol–water partition coefficient (Wildman–Crippen LogP) is 1.34. The lowest BCUT2D eigenvalue weighted by Crippen LogP contribution is -2.45. The van der Waals surface area contributed by atoms with Crippen molar-refractivity contribution in [2.24, 2.45) is 7.05 Å². The number of tetrazole rings is 1. The van der Waals surface area contributed by atoms with E-state index in [1.165, 1.54) is 9.58 Å². The van der Waals surface area contributed by atoms with Gasteiger partial charge in [0, 0.05) is 24.8 Å². The molecule has 1 aromatic carbocycles. The largest absolute Gasteiger partial charge is 0.406 e. The molecule has 1 amide bonds. The molecule has 142 valence electrons. The molecule has 0 N–H and O–H groups in total. The number of aromatic nitrogens is 6. The maximum atomic E-state index is 12.8. The van der Waals surface area contributed by atoms with E-state index < -0.39 is 11.7 Å². The molecule has 0 spiro atoms. The first-order valence-corrected chi connectivity index (χ1v) is 8.51. The van der Waals surface area contributed by atoms with E-state index in [1.807, 2.05) is 19.9 Å². The van der Waals surface area contributed by atoms with E-state index in [-0.39, 0.29) is 12.6 Å². The molecule has 2 aromatic heterocycles. The molecule has 0 bridgehead atoms. The number of carbonyl (C=O) groups excluding carboxylic acids is 1. The van der Waals surface area contributed by atoms with Gasteiger partial charge in [-0.05, 0) is 41.3 Å². The Labute approximate surface area is 159 Å². The molecule has 0 aliphatic heterocycles. The number of anilines is 1. The van der Waals surface area contributed by atoms with Crippen LogP contribution in [0.25, 0.3) is 0 Å². The van der Waals surface area contributed by atoms with Crippen molar-refractivity contribution in [1.29, 1.82) is 0 Å². The lowest BCUT2D eigenvalue weighted by molar-refractivity contribution is 0.0552. The molecule has 0 aliphatic carbocycles. The van der Waals surface area contributed by atoms with E-state index in [2.05, 4.69) is 15.5 Å². The fourth-order valence-electron chi connectivity index (χ4n) is 2.48. The van der Waals surface area contributed by atoms with Crippen molar-refractivity contribution in [3.63, 3.8) is 0 Å². The second-order valence-corrected chi connectivity index (χ2v) is 6.37. The Morgan fingerprint density at radius 3 is 2.56 bits per heavy atom. The van der Waals surface area contributed by atoms with Crippen molar-refractivity contribution in [2.75, 3.05) is 4.90 Å². The number of hydrogen-bond acceptors (Lipinski definition) is 6. The molecule has 0 fully saturated rings. The number of aryl methyl sites for hydroxylation is 1. The first-order valence-electron chi connectivity index (χ1n) is 8.14. The number of rotatable bonds is 5. The molecule has 0 aliphatic rings. The molecule has 27 heavy (non-hydrogen) atoms. The van der Waals surface area contributed by atoms with Gasteiger partial charge in [0.05, 0.1) is 5.69 Å². The van der Waals surface area contributed by atoms with E-state index in [4.69, 9.17) is 16.4 Å². The van der Waals surface area contributed by atoms with Crippen LogP contribution in [-0.4, -0.2) is 41.8 Å². The first-order chi connectivity index (χ1) is 12.9. The fraction of sp³-hybridized carbons (Fsp3) is 0.312. The maximum absolute atomic E-state index is 12.8. The number of hydrogen-bond donors (Lipinski definition) is 0. The maximum Gasteiger partial charge on any atom is 0.406 e. The summed E-state index contributed by atoms with van der Waals surface area (Å²) < 4.78 is 2.17. The third-order valence-electron chi connectivity index (χ3n) is 3.78. The van der Waals surface area contributed by atoms with Crippen LogP contribution in [0.3, 0.4) is 0 Å². The summed E-state index contributed by atoms with van der Waals surface area (Å²) in [5, 5.41) is 11.5. The summed E-state index contributed by atoms with van der Waals surface area (Å²) in [6, 6.07) is 9.77. The van der Waals surface area contributed by atoms with Crippen LogP contribution in [0.4, 0.5) is 10.5 Å². The van der Waals surface area contributed by atoms with Gasteiger partial charge in [0.25, 0.3) is 0 Å². The summed E-state index contributed by atoms with van der Waals surface area (Å²) >= 11 is 5.81. The SMILES string of the molecule is CC(C)N(C(=O)n1nnn(OCc2cc(Cl)nn2C)c1=O)c1ccccc1. The summed E-state index contributed by atoms with van der Waals surface area (Å²) in [4.78, 5) is 32.7. The molecule has 3 rings (SSSR count). The second kappa shape index (κ2) is 7.62. The smallest absolute Gasteiger partial charge is 0.385 e. The monoisotopic (exact) mass is 391 g/mol. The number of benzene rings is 1. The molecule has 0 saturated carbocycles. The van der Waals surface area contributed by atoms with Crippen molar-refractivity contribution >= 4 is 23.3 Å². The van der Waals surface area contributed by atoms with E-state index in [1.54, 1.807) is 37.4 Å². The second-order valence-electron chi connectivity index (χ2n) is 5.98. The van der Waals surface area contributed by atoms with Gasteiger partial charge in [-0.3, -0.25) is 9.58 Å². The predicted molar refractivity (Wildman–Crippen MR) is 97.6 cm³/mol. The van der Waals surface area contributed by atoms with Gasteiger partial charge >= 0.3 is 11.7 Å². The van der Waals surface area contributed by atoms with Crippen LogP contribution < -0.4 is 15.4 Å². The van der Waals surface area contributed by atoms with Crippen LogP contribution in [-0.2, 0) is 13.7 Å². The van der Waals surface area contributed by atoms with Crippen molar-refractivity contribution in [1.82, 2.24) is 29.7 Å². The van der Waals surface area contributed by atoms with Crippen LogP contribution >= 0.6 is 11.6 Å². The molecule has 3 aromatic rings. The molecule has 0 saturated heterocycles. The lowest BCUT2D eigenvalue weighted by Gasteiger charge is -2.25. The standard InChI is InChI=1S/C16H18ClN7O3/c1-11(2)22(12-7-5-4-6-8-12)15(25)23-16(26)24(20-19-23)27-10-13-9-14(17)18-21(13)3/h4-9,11H,10H2,1-3H3. The van der Waals surface area contributed by atoms with E-state index in [9.17, 15) is 9.59 Å². The van der Waals surface area contributed by atoms with E-state index in [0.717, 1.165) is 0 Å². The van der Waals surface area contributed by atoms with E-state index in [0.29, 0.717) is 26.1 Å². The Morgan fingerprint density at radius 1 is 1.26 bits per heavy atom. The third-order valence-corrected chi connectivity index (χ3v) is 3.96. The van der Waals surface area contributed by atoms with E-state index >= 15 is 0 Å². The Hall–Kier alpha value is -3.14. The minimum atomic E-state index is -0.810. The fourth-order valence-corrected chi connectivity index (χ4v) is 2.72. The van der Waals surface area contributed by atoms with Crippen LogP contribution in [0.15, 0.2) is 41.2 Å². The molecule has 0 unspecified atom stereocenters. The van der Waals surface area contributed by atoms with Gasteiger partial charge in [0.2, 0.25) is 0 Å². The van der Waals surface area contributed by atoms with Crippen molar-refractivity contribution in [3.8, 4) is 0 Å². The molecule has 0 atom stereocenters. The van der Waals surface area contributed by atoms with Gasteiger partial charge in [-0.25, -0.2) is 9.59 Å². The zero-order valence-electron chi connectivity index (χ0n) is 15.0. The lowest BCUT2D eigenvalue weighted by atomic mass is 10.2. The van der Waals surface area contributed by atoms with Gasteiger partial charge in [0.1, 0.15) is 0 Å². The van der Waals surface area contributed by atoms with Gasteiger partial charge < -0.3 is 4.84 Å². The highest BCUT2D eigenvalue weighted by atomic mass is 35.5. The number of amides is 1. The highest BCUT2D eigenvalue weighted by Crippen LogP contribution is 2.17. The zero-order chi connectivity index (χ0) is 19.6. The van der Waals surface area contributed by atoms with Crippen LogP contribution in [0, 0.1) is 0 Å². The number of para-hydroxylation sites is 1. The minimum absolute atomic E-state index is 0.0183. The summed E-state index contributed by atoms with van der Waals surface area (Å²) in [6.45, 7) is 3.65. The molecular weight excluding hydrogens is 374 g/mol. The van der Waals surface area contributed by atoms with Crippen LogP contribution in [0.2, 0.25) is 5.15 Å². The Kier molecular flexibility index (Phi) is 5.26. The van der Waals surface area contributed by atoms with Gasteiger partial charge in [-0.1, -0.05) is 29.8 Å². The minimum Gasteiger partial charge on any atom is -0.385 e. The molecular formula is C16H18ClN7O3. The van der Waals surface area contributed by atoms with Gasteiger partial charge in [0.15, 0.2) is 11.8 Å². The van der Waals surface area contributed by atoms with Crippen molar-refractivity contribution in [2.45, 2.75) is 26.5 Å². The Balaban J connectivity index is 1.82. The molecule has 10 nitrogen and oxygen atoms in total. The molecule has 11 heteroatoms. The Morgan fingerprint density at radius 2 is 1.96 bits per heavy atom. The highest BCUT2D eigenvalue weighted by molar-refractivity contribution is 6.29. The highest BCUT2D eigenvalue weighted by Gasteiger charge is 2.25. The summed E-state index contributed by atoms with van der Waals surface area (Å²) in [5.74, 6) is 0. The first kappa shape index (κ1) is 18.6. The summed E-state index contributed by atoms with van der Waals surface area (Å²) in [6.07, 6.45) is 0.